The molecule has 3 nitrogen and oxygen atoms in total. The van der Waals surface area contributed by atoms with E-state index in [1.165, 1.54) is 38.8 Å². The maximum absolute atomic E-state index is 7.40. The zero-order chi connectivity index (χ0) is 45.9. The van der Waals surface area contributed by atoms with Crippen LogP contribution in [0.4, 0.5) is 51.2 Å². The Morgan fingerprint density at radius 3 is 1.32 bits per heavy atom. The van der Waals surface area contributed by atoms with Gasteiger partial charge in [0.05, 0.1) is 5.69 Å². The highest BCUT2D eigenvalue weighted by atomic mass is 35.5. The van der Waals surface area contributed by atoms with Crippen LogP contribution in [0.15, 0.2) is 169 Å². The van der Waals surface area contributed by atoms with Gasteiger partial charge >= 0.3 is 0 Å². The van der Waals surface area contributed by atoms with E-state index < -0.39 is 0 Å². The molecule has 0 aliphatic heterocycles. The van der Waals surface area contributed by atoms with Crippen LogP contribution in [-0.4, -0.2) is 0 Å². The van der Waals surface area contributed by atoms with Gasteiger partial charge in [-0.25, -0.2) is 0 Å². The van der Waals surface area contributed by atoms with Crippen LogP contribution in [0.25, 0.3) is 10.1 Å². The maximum Gasteiger partial charge on any atom is 0.0647 e. The number of hydrogen-bond acceptors (Lipinski definition) is 4. The van der Waals surface area contributed by atoms with Gasteiger partial charge in [-0.05, 0) is 154 Å². The smallest absolute Gasteiger partial charge is 0.0647 e. The zero-order valence-electron chi connectivity index (χ0n) is 39.7. The second-order valence-corrected chi connectivity index (χ2v) is 22.6. The fourth-order valence-electron chi connectivity index (χ4n) is 9.53. The number of anilines is 9. The first kappa shape index (κ1) is 44.4. The number of benzene rings is 7. The SMILES string of the molecule is CC(C)(C)c1ccc(N(c2cccc(N(c3ccccc3)c3ccccc3)c2)c2cc(Cl)cc(N(c3ccc(C(C)(C)C)cc3)c3csc4cc5c(cc34)C(C)(C)CCC5(C)C)c2)cc1. The minimum Gasteiger partial charge on any atom is -0.310 e. The predicted octanol–water partition coefficient (Wildman–Crippen LogP) is 18.9. The minimum atomic E-state index is 0.00886. The molecule has 9 rings (SSSR count). The minimum absolute atomic E-state index is 0.00886. The van der Waals surface area contributed by atoms with E-state index in [2.05, 4.69) is 253 Å². The van der Waals surface area contributed by atoms with Gasteiger partial charge in [0.1, 0.15) is 0 Å². The Kier molecular flexibility index (Phi) is 11.5. The van der Waals surface area contributed by atoms with Crippen LogP contribution in [0.3, 0.4) is 0 Å². The topological polar surface area (TPSA) is 9.72 Å². The second-order valence-electron chi connectivity index (χ2n) is 21.2. The molecule has 0 N–H and O–H groups in total. The first-order valence-corrected chi connectivity index (χ1v) is 24.3. The predicted molar refractivity (Wildman–Crippen MR) is 284 cm³/mol. The molecule has 330 valence electrons. The molecule has 1 aromatic heterocycles. The lowest BCUT2D eigenvalue weighted by atomic mass is 9.63. The Balaban J connectivity index is 1.25. The van der Waals surface area contributed by atoms with E-state index in [9.17, 15) is 0 Å². The summed E-state index contributed by atoms with van der Waals surface area (Å²) in [6.07, 6.45) is 2.35. The molecule has 8 aromatic rings. The molecule has 0 atom stereocenters. The van der Waals surface area contributed by atoms with Gasteiger partial charge in [0.25, 0.3) is 0 Å². The number of rotatable bonds is 9. The fraction of sp³-hybridized carbons (Fsp3) is 0.267. The summed E-state index contributed by atoms with van der Waals surface area (Å²) in [5, 5.41) is 4.28. The van der Waals surface area contributed by atoms with Crippen molar-refractivity contribution in [1.82, 2.24) is 0 Å². The average molecular weight is 893 g/mol. The summed E-state index contributed by atoms with van der Waals surface area (Å²) in [5.74, 6) is 0. The van der Waals surface area contributed by atoms with Crippen molar-refractivity contribution in [2.24, 2.45) is 0 Å². The fourth-order valence-corrected chi connectivity index (χ4v) is 10.7. The highest BCUT2D eigenvalue weighted by Crippen LogP contribution is 2.52. The average Bonchev–Trinajstić information content (AvgIpc) is 3.68. The Morgan fingerprint density at radius 1 is 0.431 bits per heavy atom. The van der Waals surface area contributed by atoms with E-state index in [4.69, 9.17) is 11.6 Å². The molecule has 7 aromatic carbocycles. The molecule has 0 radical (unpaired) electrons. The van der Waals surface area contributed by atoms with Gasteiger partial charge in [-0.1, -0.05) is 148 Å². The van der Waals surface area contributed by atoms with Gasteiger partial charge in [0.15, 0.2) is 0 Å². The van der Waals surface area contributed by atoms with Crippen molar-refractivity contribution >= 4 is 84.2 Å². The maximum atomic E-state index is 7.40. The van der Waals surface area contributed by atoms with Crippen molar-refractivity contribution in [2.45, 2.75) is 104 Å². The first-order valence-electron chi connectivity index (χ1n) is 23.1. The number of halogens is 1. The number of hydrogen-bond donors (Lipinski definition) is 0. The lowest BCUT2D eigenvalue weighted by Crippen LogP contribution is -2.33. The molecule has 1 aliphatic rings. The Hall–Kier alpha value is -5.81. The quantitative estimate of drug-likeness (QED) is 0.143. The standard InChI is InChI=1S/C60H62ClN3S/c1-57(2,3)41-24-28-46(29-25-41)63(49-23-17-22-48(36-49)62(44-18-13-11-14-19-44)45-20-15-12-16-21-45)50-34-43(61)35-51(37-50)64(47-30-26-42(27-31-47)58(4,5)6)55-40-65-56-39-54-53(38-52(55)56)59(7,8)32-33-60(54,9)10/h11-31,34-40H,32-33H2,1-10H3. The van der Waals surface area contributed by atoms with Crippen molar-refractivity contribution in [3.8, 4) is 0 Å². The zero-order valence-corrected chi connectivity index (χ0v) is 41.3. The van der Waals surface area contributed by atoms with Gasteiger partial charge in [0.2, 0.25) is 0 Å². The van der Waals surface area contributed by atoms with Crippen LogP contribution < -0.4 is 14.7 Å². The van der Waals surface area contributed by atoms with Crippen molar-refractivity contribution < 1.29 is 0 Å². The molecule has 0 saturated heterocycles. The van der Waals surface area contributed by atoms with Crippen LogP contribution in [-0.2, 0) is 21.7 Å². The summed E-state index contributed by atoms with van der Waals surface area (Å²) in [6.45, 7) is 23.3. The van der Waals surface area contributed by atoms with Crippen LogP contribution in [0.2, 0.25) is 5.02 Å². The van der Waals surface area contributed by atoms with Gasteiger partial charge in [-0.3, -0.25) is 0 Å². The highest BCUT2D eigenvalue weighted by Gasteiger charge is 2.38. The van der Waals surface area contributed by atoms with Gasteiger partial charge in [-0.15, -0.1) is 11.3 Å². The first-order chi connectivity index (χ1) is 30.9. The third-order valence-corrected chi connectivity index (χ3v) is 14.7. The third-order valence-electron chi connectivity index (χ3n) is 13.5. The van der Waals surface area contributed by atoms with Gasteiger partial charge in [0, 0.05) is 66.0 Å². The molecule has 65 heavy (non-hydrogen) atoms. The molecular formula is C60H62ClN3S. The van der Waals surface area contributed by atoms with Crippen LogP contribution in [0, 0.1) is 0 Å². The number of para-hydroxylation sites is 2. The summed E-state index contributed by atoms with van der Waals surface area (Å²) >= 11 is 9.23. The molecule has 0 unspecified atom stereocenters. The van der Waals surface area contributed by atoms with E-state index in [1.807, 2.05) is 11.3 Å². The molecule has 0 spiro atoms. The lowest BCUT2D eigenvalue weighted by molar-refractivity contribution is 0.332. The van der Waals surface area contributed by atoms with Gasteiger partial charge < -0.3 is 14.7 Å². The molecule has 0 amide bonds. The highest BCUT2D eigenvalue weighted by molar-refractivity contribution is 7.17. The second kappa shape index (κ2) is 16.9. The van der Waals surface area contributed by atoms with E-state index >= 15 is 0 Å². The normalized spacial score (nSPS) is 14.5. The van der Waals surface area contributed by atoms with E-state index in [0.29, 0.717) is 5.02 Å². The Labute approximate surface area is 397 Å². The summed E-state index contributed by atoms with van der Waals surface area (Å²) in [7, 11) is 0. The third kappa shape index (κ3) is 8.84. The van der Waals surface area contributed by atoms with E-state index in [-0.39, 0.29) is 21.7 Å². The molecule has 5 heteroatoms. The summed E-state index contributed by atoms with van der Waals surface area (Å²) in [4.78, 5) is 7.10. The van der Waals surface area contributed by atoms with Crippen molar-refractivity contribution in [3.63, 3.8) is 0 Å². The van der Waals surface area contributed by atoms with Crippen molar-refractivity contribution in [3.05, 3.63) is 196 Å². The molecular weight excluding hydrogens is 830 g/mol. The van der Waals surface area contributed by atoms with Gasteiger partial charge in [-0.2, -0.15) is 0 Å². The molecule has 1 heterocycles. The molecule has 0 bridgehead atoms. The summed E-state index contributed by atoms with van der Waals surface area (Å²) in [5.41, 5.74) is 15.3. The Bertz CT molecular complexity index is 2910. The summed E-state index contributed by atoms with van der Waals surface area (Å²) in [6, 6.07) is 59.8. The Morgan fingerprint density at radius 2 is 0.831 bits per heavy atom. The van der Waals surface area contributed by atoms with Crippen LogP contribution in [0.5, 0.6) is 0 Å². The molecule has 0 saturated carbocycles. The number of fused-ring (bicyclic) bond motifs is 2. The van der Waals surface area contributed by atoms with Crippen LogP contribution in [0.1, 0.15) is 104 Å². The number of thiophene rings is 1. The van der Waals surface area contributed by atoms with Crippen molar-refractivity contribution in [2.75, 3.05) is 14.7 Å². The molecule has 1 aliphatic carbocycles. The van der Waals surface area contributed by atoms with Crippen LogP contribution >= 0.6 is 22.9 Å². The number of nitrogens with zero attached hydrogens (tertiary/aromatic N) is 3. The van der Waals surface area contributed by atoms with Crippen molar-refractivity contribution in [1.29, 1.82) is 0 Å². The summed E-state index contributed by atoms with van der Waals surface area (Å²) < 4.78 is 1.31. The lowest BCUT2D eigenvalue weighted by Gasteiger charge is -2.42. The largest absolute Gasteiger partial charge is 0.310 e. The monoisotopic (exact) mass is 891 g/mol. The van der Waals surface area contributed by atoms with E-state index in [0.717, 1.165) is 57.6 Å². The molecule has 0 fully saturated rings. The van der Waals surface area contributed by atoms with E-state index in [1.54, 1.807) is 0 Å².